The molecule has 1 aromatic rings. The minimum Gasteiger partial charge on any atom is -0.449 e. The van der Waals surface area contributed by atoms with Gasteiger partial charge in [-0.05, 0) is 37.6 Å². The molecule has 25 heavy (non-hydrogen) atoms. The van der Waals surface area contributed by atoms with E-state index in [1.165, 1.54) is 19.1 Å². The summed E-state index contributed by atoms with van der Waals surface area (Å²) >= 11 is 0. The predicted octanol–water partition coefficient (Wildman–Crippen LogP) is 2.50. The van der Waals surface area contributed by atoms with Gasteiger partial charge in [0.2, 0.25) is 0 Å². The maximum atomic E-state index is 12.6. The zero-order valence-electron chi connectivity index (χ0n) is 13.5. The van der Waals surface area contributed by atoms with Crippen LogP contribution in [0.25, 0.3) is 6.08 Å². The predicted molar refractivity (Wildman–Crippen MR) is 83.2 cm³/mol. The number of urea groups is 1. The van der Waals surface area contributed by atoms with Gasteiger partial charge in [0.1, 0.15) is 0 Å². The third kappa shape index (κ3) is 7.06. The molecule has 136 valence electrons. The number of imide groups is 1. The summed E-state index contributed by atoms with van der Waals surface area (Å²) in [5.74, 6) is -1.76. The van der Waals surface area contributed by atoms with Crippen molar-refractivity contribution in [1.82, 2.24) is 10.6 Å². The average Bonchev–Trinajstić information content (AvgIpc) is 2.52. The molecule has 6 nitrogen and oxygen atoms in total. The minimum absolute atomic E-state index is 0.145. The van der Waals surface area contributed by atoms with Gasteiger partial charge < -0.3 is 10.1 Å². The van der Waals surface area contributed by atoms with E-state index in [0.717, 1.165) is 24.3 Å². The van der Waals surface area contributed by atoms with Crippen LogP contribution in [0.4, 0.5) is 18.0 Å². The highest BCUT2D eigenvalue weighted by Gasteiger charge is 2.30. The lowest BCUT2D eigenvalue weighted by Gasteiger charge is -2.11. The van der Waals surface area contributed by atoms with E-state index in [4.69, 9.17) is 4.74 Å². The summed E-state index contributed by atoms with van der Waals surface area (Å²) in [4.78, 5) is 34.4. The molecule has 0 aromatic heterocycles. The maximum absolute atomic E-state index is 12.6. The molecule has 1 rings (SSSR count). The van der Waals surface area contributed by atoms with Crippen molar-refractivity contribution < 1.29 is 32.3 Å². The Morgan fingerprint density at radius 3 is 2.56 bits per heavy atom. The summed E-state index contributed by atoms with van der Waals surface area (Å²) in [5, 5.41) is 4.30. The third-order valence-electron chi connectivity index (χ3n) is 2.86. The molecular weight excluding hydrogens is 341 g/mol. The van der Waals surface area contributed by atoms with Crippen molar-refractivity contribution in [1.29, 1.82) is 0 Å². The fourth-order valence-electron chi connectivity index (χ4n) is 1.67. The van der Waals surface area contributed by atoms with E-state index in [-0.39, 0.29) is 5.56 Å². The van der Waals surface area contributed by atoms with E-state index >= 15 is 0 Å². The molecule has 0 radical (unpaired) electrons. The fraction of sp³-hybridized carbons (Fsp3) is 0.312. The molecule has 3 amide bonds. The molecule has 1 aromatic carbocycles. The number of ether oxygens (including phenoxy) is 1. The third-order valence-corrected chi connectivity index (χ3v) is 2.86. The number of hydrogen-bond donors (Lipinski definition) is 2. The Labute approximate surface area is 142 Å². The monoisotopic (exact) mass is 358 g/mol. The number of benzene rings is 1. The number of amides is 3. The summed E-state index contributed by atoms with van der Waals surface area (Å²) in [5.41, 5.74) is -0.705. The van der Waals surface area contributed by atoms with Gasteiger partial charge in [-0.3, -0.25) is 10.1 Å². The zero-order valence-corrected chi connectivity index (χ0v) is 13.5. The van der Waals surface area contributed by atoms with Crippen LogP contribution in [-0.2, 0) is 20.5 Å². The molecule has 2 N–H and O–H groups in total. The number of hydrogen-bond acceptors (Lipinski definition) is 4. The van der Waals surface area contributed by atoms with Crippen molar-refractivity contribution in [2.75, 3.05) is 6.54 Å². The second kappa shape index (κ2) is 8.86. The van der Waals surface area contributed by atoms with E-state index in [9.17, 15) is 27.6 Å². The van der Waals surface area contributed by atoms with Crippen LogP contribution in [0.2, 0.25) is 0 Å². The first-order valence-electron chi connectivity index (χ1n) is 7.28. The second-order valence-electron chi connectivity index (χ2n) is 4.88. The number of alkyl halides is 3. The highest BCUT2D eigenvalue weighted by Crippen LogP contribution is 2.29. The Morgan fingerprint density at radius 1 is 1.28 bits per heavy atom. The minimum atomic E-state index is -4.49. The first-order valence-corrected chi connectivity index (χ1v) is 7.28. The lowest BCUT2D eigenvalue weighted by Crippen LogP contribution is -2.44. The van der Waals surface area contributed by atoms with Gasteiger partial charge in [-0.1, -0.05) is 12.1 Å². The molecule has 1 atom stereocenters. The molecule has 0 aliphatic carbocycles. The number of esters is 1. The number of carbonyl (C=O) groups excluding carboxylic acids is 3. The molecule has 0 saturated heterocycles. The maximum Gasteiger partial charge on any atom is 0.416 e. The molecule has 0 aliphatic heterocycles. The quantitative estimate of drug-likeness (QED) is 0.626. The van der Waals surface area contributed by atoms with Gasteiger partial charge in [-0.15, -0.1) is 0 Å². The van der Waals surface area contributed by atoms with Crippen molar-refractivity contribution in [2.24, 2.45) is 0 Å². The standard InChI is InChI=1S/C16H17F3N2O4/c1-3-20-15(24)21-14(23)10(2)25-13(22)8-7-11-5-4-6-12(9-11)16(17,18)19/h4-10H,3H2,1-2H3,(H2,20,21,23,24)/b8-7+. The highest BCUT2D eigenvalue weighted by molar-refractivity contribution is 5.98. The Balaban J connectivity index is 2.63. The number of carbonyl (C=O) groups is 3. The summed E-state index contributed by atoms with van der Waals surface area (Å²) in [6, 6.07) is 3.63. The first kappa shape index (κ1) is 20.2. The van der Waals surface area contributed by atoms with Gasteiger partial charge in [0.15, 0.2) is 6.10 Å². The Kier molecular flexibility index (Phi) is 7.16. The Hall–Kier alpha value is -2.84. The summed E-state index contributed by atoms with van der Waals surface area (Å²) in [6.07, 6.45) is -3.71. The molecule has 0 aliphatic rings. The molecule has 9 heteroatoms. The van der Waals surface area contributed by atoms with E-state index in [2.05, 4.69) is 5.32 Å². The second-order valence-corrected chi connectivity index (χ2v) is 4.88. The average molecular weight is 358 g/mol. The SMILES string of the molecule is CCNC(=O)NC(=O)C(C)OC(=O)/C=C/c1cccc(C(F)(F)F)c1. The molecule has 0 fully saturated rings. The van der Waals surface area contributed by atoms with E-state index in [0.29, 0.717) is 6.54 Å². The summed E-state index contributed by atoms with van der Waals surface area (Å²) < 4.78 is 42.6. The van der Waals surface area contributed by atoms with Crippen molar-refractivity contribution in [3.63, 3.8) is 0 Å². The van der Waals surface area contributed by atoms with E-state index in [1.807, 2.05) is 5.32 Å². The van der Waals surface area contributed by atoms with Crippen molar-refractivity contribution in [2.45, 2.75) is 26.1 Å². The van der Waals surface area contributed by atoms with Crippen LogP contribution < -0.4 is 10.6 Å². The van der Waals surface area contributed by atoms with Crippen LogP contribution in [0.1, 0.15) is 25.0 Å². The van der Waals surface area contributed by atoms with Crippen LogP contribution in [0.15, 0.2) is 30.3 Å². The molecule has 1 unspecified atom stereocenters. The summed E-state index contributed by atoms with van der Waals surface area (Å²) in [7, 11) is 0. The first-order chi connectivity index (χ1) is 11.6. The van der Waals surface area contributed by atoms with Crippen LogP contribution in [0.3, 0.4) is 0 Å². The molecular formula is C16H17F3N2O4. The molecule has 0 bridgehead atoms. The Bertz CT molecular complexity index is 672. The lowest BCUT2D eigenvalue weighted by atomic mass is 10.1. The number of rotatable bonds is 5. The zero-order chi connectivity index (χ0) is 19.0. The van der Waals surface area contributed by atoms with Crippen molar-refractivity contribution >= 4 is 24.0 Å². The molecule has 0 heterocycles. The van der Waals surface area contributed by atoms with Crippen LogP contribution in [0.5, 0.6) is 0 Å². The van der Waals surface area contributed by atoms with Gasteiger partial charge in [-0.25, -0.2) is 9.59 Å². The largest absolute Gasteiger partial charge is 0.449 e. The Morgan fingerprint density at radius 2 is 1.96 bits per heavy atom. The van der Waals surface area contributed by atoms with E-state index < -0.39 is 35.8 Å². The van der Waals surface area contributed by atoms with Crippen molar-refractivity contribution in [3.05, 3.63) is 41.5 Å². The van der Waals surface area contributed by atoms with Crippen LogP contribution in [-0.4, -0.2) is 30.6 Å². The number of nitrogens with one attached hydrogen (secondary N) is 2. The topological polar surface area (TPSA) is 84.5 Å². The van der Waals surface area contributed by atoms with Gasteiger partial charge >= 0.3 is 18.2 Å². The molecule has 0 saturated carbocycles. The van der Waals surface area contributed by atoms with E-state index in [1.54, 1.807) is 6.92 Å². The summed E-state index contributed by atoms with van der Waals surface area (Å²) in [6.45, 7) is 3.23. The highest BCUT2D eigenvalue weighted by atomic mass is 19.4. The fourth-order valence-corrected chi connectivity index (χ4v) is 1.67. The van der Waals surface area contributed by atoms with Gasteiger partial charge in [-0.2, -0.15) is 13.2 Å². The van der Waals surface area contributed by atoms with Crippen molar-refractivity contribution in [3.8, 4) is 0 Å². The van der Waals surface area contributed by atoms with Gasteiger partial charge in [0, 0.05) is 12.6 Å². The normalized spacial score (nSPS) is 12.5. The number of halogens is 3. The lowest BCUT2D eigenvalue weighted by molar-refractivity contribution is -0.149. The van der Waals surface area contributed by atoms with Gasteiger partial charge in [0.25, 0.3) is 5.91 Å². The van der Waals surface area contributed by atoms with Gasteiger partial charge in [0.05, 0.1) is 5.56 Å². The van der Waals surface area contributed by atoms with Crippen LogP contribution >= 0.6 is 0 Å². The smallest absolute Gasteiger partial charge is 0.416 e. The molecule has 0 spiro atoms. The van der Waals surface area contributed by atoms with Crippen LogP contribution in [0, 0.1) is 0 Å².